The zero-order valence-electron chi connectivity index (χ0n) is 11.8. The lowest BCUT2D eigenvalue weighted by atomic mass is 9.53. The van der Waals surface area contributed by atoms with Gasteiger partial charge in [-0.15, -0.1) is 0 Å². The van der Waals surface area contributed by atoms with Gasteiger partial charge in [-0.25, -0.2) is 4.79 Å². The average molecular weight is 292 g/mol. The van der Waals surface area contributed by atoms with Gasteiger partial charge in [0.25, 0.3) is 0 Å². The molecule has 2 saturated carbocycles. The van der Waals surface area contributed by atoms with Gasteiger partial charge in [0.05, 0.1) is 16.9 Å². The fourth-order valence-corrected chi connectivity index (χ4v) is 5.59. The number of fused-ring (bicyclic) bond motifs is 4. The maximum Gasteiger partial charge on any atom is 0.342 e. The first-order chi connectivity index (χ1) is 9.79. The molecule has 1 spiro atoms. The van der Waals surface area contributed by atoms with E-state index in [0.717, 1.165) is 5.57 Å². The zero-order chi connectivity index (χ0) is 14.9. The number of epoxide rings is 1. The van der Waals surface area contributed by atoms with Gasteiger partial charge in [-0.2, -0.15) is 0 Å². The molecule has 8 atom stereocenters. The Hall–Kier alpha value is -1.40. The second kappa shape index (κ2) is 2.90. The number of aliphatic hydroxyl groups is 1. The minimum absolute atomic E-state index is 0.269. The molecule has 0 aromatic heterocycles. The Bertz CT molecular complexity index is 642. The fraction of sp³-hybridized carbons (Fsp3) is 0.733. The highest BCUT2D eigenvalue weighted by atomic mass is 16.7. The molecule has 1 N–H and O–H groups in total. The zero-order valence-corrected chi connectivity index (χ0v) is 11.8. The lowest BCUT2D eigenvalue weighted by Crippen LogP contribution is -2.66. The topological polar surface area (TPSA) is 85.4 Å². The van der Waals surface area contributed by atoms with Crippen molar-refractivity contribution < 1.29 is 28.9 Å². The summed E-state index contributed by atoms with van der Waals surface area (Å²) in [5.41, 5.74) is -2.60. The highest BCUT2D eigenvalue weighted by Crippen LogP contribution is 2.76. The predicted molar refractivity (Wildman–Crippen MR) is 66.8 cm³/mol. The summed E-state index contributed by atoms with van der Waals surface area (Å²) in [4.78, 5) is 24.7. The lowest BCUT2D eigenvalue weighted by Gasteiger charge is -2.51. The largest absolute Gasteiger partial charge is 0.457 e. The summed E-state index contributed by atoms with van der Waals surface area (Å²) < 4.78 is 16.6. The standard InChI is InChI=1S/C15H16O6/c1-5(2)7-8-11(16)19-9(7)10-13(3)14(8,18)4-6-15(13,21-6)12(17)20-10/h6-10,18H,1,4H2,2-3H3/t6-,7+,8-,9-,10?,13-,14-,15+/m0/s1. The summed E-state index contributed by atoms with van der Waals surface area (Å²) in [7, 11) is 0. The molecule has 0 aromatic carbocycles. The predicted octanol–water partition coefficient (Wildman–Crippen LogP) is -0.0620. The van der Waals surface area contributed by atoms with Gasteiger partial charge in [0.15, 0.2) is 6.10 Å². The van der Waals surface area contributed by atoms with Crippen molar-refractivity contribution in [3.8, 4) is 0 Å². The van der Waals surface area contributed by atoms with Crippen molar-refractivity contribution in [2.75, 3.05) is 0 Å². The van der Waals surface area contributed by atoms with Crippen LogP contribution in [0.3, 0.4) is 0 Å². The van der Waals surface area contributed by atoms with Gasteiger partial charge in [-0.1, -0.05) is 12.2 Å². The normalized spacial score (nSPS) is 62.0. The molecule has 5 aliphatic rings. The summed E-state index contributed by atoms with van der Waals surface area (Å²) >= 11 is 0. The van der Waals surface area contributed by atoms with Crippen LogP contribution in [-0.2, 0) is 23.8 Å². The van der Waals surface area contributed by atoms with Crippen LogP contribution in [0.5, 0.6) is 0 Å². The molecule has 6 nitrogen and oxygen atoms in total. The van der Waals surface area contributed by atoms with E-state index < -0.39 is 46.7 Å². The summed E-state index contributed by atoms with van der Waals surface area (Å²) in [6.45, 7) is 7.55. The van der Waals surface area contributed by atoms with Crippen molar-refractivity contribution in [3.63, 3.8) is 0 Å². The van der Waals surface area contributed by atoms with Gasteiger partial charge in [-0.3, -0.25) is 4.79 Å². The van der Waals surface area contributed by atoms with Crippen molar-refractivity contribution in [1.29, 1.82) is 0 Å². The van der Waals surface area contributed by atoms with Crippen LogP contribution in [0, 0.1) is 17.3 Å². The molecule has 112 valence electrons. The van der Waals surface area contributed by atoms with Gasteiger partial charge in [-0.05, 0) is 13.8 Å². The van der Waals surface area contributed by atoms with Crippen molar-refractivity contribution in [2.24, 2.45) is 17.3 Å². The number of carbonyl (C=O) groups is 2. The second-order valence-corrected chi connectivity index (χ2v) is 7.25. The number of hydrogen-bond donors (Lipinski definition) is 1. The first-order valence-electron chi connectivity index (χ1n) is 7.26. The first-order valence-corrected chi connectivity index (χ1v) is 7.26. The monoisotopic (exact) mass is 292 g/mol. The second-order valence-electron chi connectivity index (χ2n) is 7.25. The van der Waals surface area contributed by atoms with Crippen molar-refractivity contribution in [3.05, 3.63) is 12.2 Å². The van der Waals surface area contributed by atoms with Crippen LogP contribution < -0.4 is 0 Å². The molecule has 3 saturated heterocycles. The third-order valence-electron chi connectivity index (χ3n) is 6.60. The third kappa shape index (κ3) is 0.874. The quantitative estimate of drug-likeness (QED) is 0.414. The maximum absolute atomic E-state index is 12.3. The molecule has 0 radical (unpaired) electrons. The van der Waals surface area contributed by atoms with Crippen LogP contribution in [0.25, 0.3) is 0 Å². The lowest BCUT2D eigenvalue weighted by molar-refractivity contribution is -0.195. The van der Waals surface area contributed by atoms with Crippen LogP contribution in [0.4, 0.5) is 0 Å². The molecular formula is C15H16O6. The molecule has 3 heterocycles. The van der Waals surface area contributed by atoms with Gasteiger partial charge in [0, 0.05) is 12.3 Å². The molecule has 0 amide bonds. The van der Waals surface area contributed by atoms with Gasteiger partial charge < -0.3 is 19.3 Å². The minimum atomic E-state index is -1.35. The Morgan fingerprint density at radius 1 is 1.38 bits per heavy atom. The van der Waals surface area contributed by atoms with Crippen molar-refractivity contribution in [1.82, 2.24) is 0 Å². The first kappa shape index (κ1) is 12.2. The average Bonchev–Trinajstić information content (AvgIpc) is 2.86. The smallest absolute Gasteiger partial charge is 0.342 e. The van der Waals surface area contributed by atoms with E-state index in [1.165, 1.54) is 0 Å². The molecule has 3 aliphatic heterocycles. The molecule has 2 aliphatic carbocycles. The summed E-state index contributed by atoms with van der Waals surface area (Å²) in [6.07, 6.45) is -1.34. The summed E-state index contributed by atoms with van der Waals surface area (Å²) in [6, 6.07) is 0. The van der Waals surface area contributed by atoms with E-state index in [2.05, 4.69) is 6.58 Å². The Morgan fingerprint density at radius 3 is 2.76 bits per heavy atom. The van der Waals surface area contributed by atoms with E-state index in [1.54, 1.807) is 6.92 Å². The molecule has 1 unspecified atom stereocenters. The van der Waals surface area contributed by atoms with Gasteiger partial charge in [0.2, 0.25) is 5.60 Å². The van der Waals surface area contributed by atoms with E-state index in [0.29, 0.717) is 0 Å². The number of hydrogen-bond acceptors (Lipinski definition) is 6. The molecule has 21 heavy (non-hydrogen) atoms. The van der Waals surface area contributed by atoms with Crippen LogP contribution in [-0.4, -0.2) is 46.6 Å². The molecule has 2 bridgehead atoms. The van der Waals surface area contributed by atoms with E-state index in [-0.39, 0.29) is 18.4 Å². The minimum Gasteiger partial charge on any atom is -0.457 e. The summed E-state index contributed by atoms with van der Waals surface area (Å²) in [5.74, 6) is -1.86. The third-order valence-corrected chi connectivity index (χ3v) is 6.60. The fourth-order valence-electron chi connectivity index (χ4n) is 5.59. The van der Waals surface area contributed by atoms with Crippen LogP contribution in [0.15, 0.2) is 12.2 Å². The highest BCUT2D eigenvalue weighted by molar-refractivity contribution is 5.91. The Balaban J connectivity index is 1.78. The molecule has 0 aromatic rings. The van der Waals surface area contributed by atoms with Crippen LogP contribution in [0.2, 0.25) is 0 Å². The molecule has 5 rings (SSSR count). The van der Waals surface area contributed by atoms with E-state index >= 15 is 0 Å². The van der Waals surface area contributed by atoms with Crippen LogP contribution >= 0.6 is 0 Å². The number of carbonyl (C=O) groups excluding carboxylic acids is 2. The van der Waals surface area contributed by atoms with Crippen molar-refractivity contribution in [2.45, 2.75) is 49.8 Å². The Morgan fingerprint density at radius 2 is 2.10 bits per heavy atom. The number of esters is 2. The SMILES string of the molecule is C=C(C)[C@H]1[C@@H]2OC(=O)[C@H]1[C@@]1(O)C[C@@H]3O[C@@]34C(=O)OC2[C@@]14C. The highest BCUT2D eigenvalue weighted by Gasteiger charge is 2.95. The van der Waals surface area contributed by atoms with E-state index in [9.17, 15) is 14.7 Å². The molecule has 5 fully saturated rings. The number of rotatable bonds is 1. The number of ether oxygens (including phenoxy) is 3. The van der Waals surface area contributed by atoms with E-state index in [1.807, 2.05) is 6.92 Å². The van der Waals surface area contributed by atoms with Gasteiger partial charge in [0.1, 0.15) is 12.2 Å². The Kier molecular flexibility index (Phi) is 1.68. The van der Waals surface area contributed by atoms with E-state index in [4.69, 9.17) is 14.2 Å². The molecular weight excluding hydrogens is 276 g/mol. The maximum atomic E-state index is 12.3. The summed E-state index contributed by atoms with van der Waals surface area (Å²) in [5, 5.41) is 11.4. The van der Waals surface area contributed by atoms with Crippen molar-refractivity contribution >= 4 is 11.9 Å². The van der Waals surface area contributed by atoms with Gasteiger partial charge >= 0.3 is 11.9 Å². The van der Waals surface area contributed by atoms with Crippen LogP contribution in [0.1, 0.15) is 20.3 Å². The Labute approximate surface area is 121 Å². The molecule has 6 heteroatoms.